The molecule has 1 aromatic heterocycles. The van der Waals surface area contributed by atoms with E-state index in [1.165, 1.54) is 11.3 Å². The quantitative estimate of drug-likeness (QED) is 0.841. The molecule has 1 atom stereocenters. The number of hydrogen-bond acceptors (Lipinski definition) is 5. The second-order valence-electron chi connectivity index (χ2n) is 4.02. The van der Waals surface area contributed by atoms with E-state index in [9.17, 15) is 12.8 Å². The lowest BCUT2D eigenvalue weighted by atomic mass is 10.3. The second-order valence-corrected chi connectivity index (χ2v) is 7.07. The van der Waals surface area contributed by atoms with Crippen molar-refractivity contribution in [1.82, 2.24) is 9.71 Å². The van der Waals surface area contributed by atoms with Crippen LogP contribution in [0.5, 0.6) is 0 Å². The number of halogens is 2. The van der Waals surface area contributed by atoms with Gasteiger partial charge < -0.3 is 5.73 Å². The van der Waals surface area contributed by atoms with Gasteiger partial charge in [-0.1, -0.05) is 11.6 Å². The van der Waals surface area contributed by atoms with Gasteiger partial charge in [0.25, 0.3) is 0 Å². The third-order valence-electron chi connectivity index (χ3n) is 2.48. The Morgan fingerprint density at radius 3 is 2.80 bits per heavy atom. The molecule has 0 amide bonds. The minimum absolute atomic E-state index is 0.0474. The summed E-state index contributed by atoms with van der Waals surface area (Å²) in [5, 5.41) is 2.34. The Bertz CT molecular complexity index is 720. The summed E-state index contributed by atoms with van der Waals surface area (Å²) in [6.45, 7) is 1.61. The summed E-state index contributed by atoms with van der Waals surface area (Å²) in [5.74, 6) is -1.02. The number of sulfonamides is 1. The van der Waals surface area contributed by atoms with E-state index in [1.807, 2.05) is 0 Å². The third-order valence-corrected chi connectivity index (χ3v) is 5.19. The van der Waals surface area contributed by atoms with Crippen LogP contribution in [-0.2, 0) is 10.0 Å². The van der Waals surface area contributed by atoms with Crippen molar-refractivity contribution in [1.29, 1.82) is 0 Å². The molecule has 1 unspecified atom stereocenters. The average molecular weight is 336 g/mol. The molecule has 3 N–H and O–H groups in total. The highest BCUT2D eigenvalue weighted by atomic mass is 35.5. The number of rotatable bonds is 4. The van der Waals surface area contributed by atoms with Gasteiger partial charge in [0.1, 0.15) is 9.90 Å². The van der Waals surface area contributed by atoms with Crippen LogP contribution in [0.2, 0.25) is 5.02 Å². The fourth-order valence-electron chi connectivity index (χ4n) is 1.57. The fraction of sp³-hybridized carbons (Fsp3) is 0.182. The fourth-order valence-corrected chi connectivity index (χ4v) is 3.93. The highest BCUT2D eigenvalue weighted by molar-refractivity contribution is 7.89. The van der Waals surface area contributed by atoms with Gasteiger partial charge >= 0.3 is 0 Å². The Labute approximate surface area is 124 Å². The number of nitrogen functional groups attached to an aromatic ring is 1. The zero-order valence-corrected chi connectivity index (χ0v) is 12.7. The van der Waals surface area contributed by atoms with Gasteiger partial charge in [0.2, 0.25) is 10.0 Å². The molecular formula is C11H11ClFN3O2S2. The van der Waals surface area contributed by atoms with Crippen LogP contribution in [0.4, 0.5) is 10.1 Å². The lowest BCUT2D eigenvalue weighted by Gasteiger charge is -2.13. The van der Waals surface area contributed by atoms with E-state index in [0.29, 0.717) is 5.01 Å². The minimum atomic E-state index is -4.08. The van der Waals surface area contributed by atoms with Crippen LogP contribution in [0.15, 0.2) is 28.6 Å². The lowest BCUT2D eigenvalue weighted by molar-refractivity contribution is 0.548. The topological polar surface area (TPSA) is 85.1 Å². The van der Waals surface area contributed by atoms with Gasteiger partial charge in [-0.05, 0) is 19.1 Å². The Kier molecular flexibility index (Phi) is 4.28. The molecule has 0 aliphatic carbocycles. The highest BCUT2D eigenvalue weighted by Crippen LogP contribution is 2.26. The van der Waals surface area contributed by atoms with Gasteiger partial charge in [0, 0.05) is 16.6 Å². The van der Waals surface area contributed by atoms with E-state index in [0.717, 1.165) is 12.1 Å². The van der Waals surface area contributed by atoms with Crippen LogP contribution >= 0.6 is 22.9 Å². The zero-order chi connectivity index (χ0) is 14.9. The van der Waals surface area contributed by atoms with Gasteiger partial charge in [-0.3, -0.25) is 0 Å². The molecule has 0 radical (unpaired) electrons. The van der Waals surface area contributed by atoms with Gasteiger partial charge in [-0.15, -0.1) is 11.3 Å². The molecule has 9 heteroatoms. The maximum absolute atomic E-state index is 13.9. The molecule has 2 rings (SSSR count). The molecule has 0 aliphatic heterocycles. The largest absolute Gasteiger partial charge is 0.396 e. The monoisotopic (exact) mass is 335 g/mol. The molecule has 20 heavy (non-hydrogen) atoms. The summed E-state index contributed by atoms with van der Waals surface area (Å²) in [5.41, 5.74) is 5.06. The van der Waals surface area contributed by atoms with Crippen molar-refractivity contribution < 1.29 is 12.8 Å². The van der Waals surface area contributed by atoms with Crippen molar-refractivity contribution in [3.63, 3.8) is 0 Å². The summed E-state index contributed by atoms with van der Waals surface area (Å²) < 4.78 is 40.5. The molecule has 2 aromatic rings. The van der Waals surface area contributed by atoms with Crippen LogP contribution in [0, 0.1) is 5.82 Å². The molecule has 0 saturated heterocycles. The average Bonchev–Trinajstić information content (AvgIpc) is 2.86. The molecular weight excluding hydrogens is 325 g/mol. The summed E-state index contributed by atoms with van der Waals surface area (Å²) in [6.07, 6.45) is 1.56. The van der Waals surface area contributed by atoms with Crippen molar-refractivity contribution in [2.45, 2.75) is 17.9 Å². The minimum Gasteiger partial charge on any atom is -0.396 e. The van der Waals surface area contributed by atoms with E-state index in [-0.39, 0.29) is 10.7 Å². The van der Waals surface area contributed by atoms with Gasteiger partial charge in [0.15, 0.2) is 5.82 Å². The number of aromatic nitrogens is 1. The standard InChI is InChI=1S/C11H11ClFN3O2S2/c1-6(11-15-2-3-19-11)16-20(17,18)9-5-7(12)4-8(14)10(9)13/h2-6,16H,14H2,1H3. The van der Waals surface area contributed by atoms with Crippen molar-refractivity contribution >= 4 is 38.6 Å². The molecule has 1 aromatic carbocycles. The maximum atomic E-state index is 13.9. The van der Waals surface area contributed by atoms with Crippen molar-refractivity contribution in [3.8, 4) is 0 Å². The first-order valence-corrected chi connectivity index (χ1v) is 8.21. The Morgan fingerprint density at radius 2 is 2.20 bits per heavy atom. The van der Waals surface area contributed by atoms with E-state index in [2.05, 4.69) is 9.71 Å². The summed E-state index contributed by atoms with van der Waals surface area (Å²) in [7, 11) is -4.08. The van der Waals surface area contributed by atoms with Crippen LogP contribution in [-0.4, -0.2) is 13.4 Å². The number of nitrogens with zero attached hydrogens (tertiary/aromatic N) is 1. The van der Waals surface area contributed by atoms with Crippen molar-refractivity contribution in [3.05, 3.63) is 39.6 Å². The van der Waals surface area contributed by atoms with Gasteiger partial charge in [-0.25, -0.2) is 22.5 Å². The Balaban J connectivity index is 2.36. The van der Waals surface area contributed by atoms with Crippen LogP contribution in [0.1, 0.15) is 18.0 Å². The van der Waals surface area contributed by atoms with Crippen molar-refractivity contribution in [2.75, 3.05) is 5.73 Å². The lowest BCUT2D eigenvalue weighted by Crippen LogP contribution is -2.27. The van der Waals surface area contributed by atoms with Crippen LogP contribution in [0.3, 0.4) is 0 Å². The molecule has 0 aliphatic rings. The first-order valence-electron chi connectivity index (χ1n) is 5.47. The first kappa shape index (κ1) is 15.2. The molecule has 108 valence electrons. The predicted octanol–water partition coefficient (Wildman–Crippen LogP) is 2.56. The van der Waals surface area contributed by atoms with Gasteiger partial charge in [-0.2, -0.15) is 0 Å². The SMILES string of the molecule is CC(NS(=O)(=O)c1cc(Cl)cc(N)c1F)c1nccs1. The molecule has 5 nitrogen and oxygen atoms in total. The summed E-state index contributed by atoms with van der Waals surface area (Å²) >= 11 is 7.01. The molecule has 0 spiro atoms. The van der Waals surface area contributed by atoms with E-state index < -0.39 is 26.8 Å². The number of hydrogen-bond donors (Lipinski definition) is 2. The molecule has 0 bridgehead atoms. The molecule has 0 saturated carbocycles. The third kappa shape index (κ3) is 3.09. The number of nitrogens with one attached hydrogen (secondary N) is 1. The Morgan fingerprint density at radius 1 is 1.50 bits per heavy atom. The van der Waals surface area contributed by atoms with Crippen molar-refractivity contribution in [2.24, 2.45) is 0 Å². The maximum Gasteiger partial charge on any atom is 0.244 e. The highest BCUT2D eigenvalue weighted by Gasteiger charge is 2.25. The first-order chi connectivity index (χ1) is 9.31. The second kappa shape index (κ2) is 5.65. The molecule has 0 fully saturated rings. The Hall–Kier alpha value is -1.22. The molecule has 1 heterocycles. The number of benzene rings is 1. The normalized spacial score (nSPS) is 13.3. The van der Waals surface area contributed by atoms with Crippen LogP contribution < -0.4 is 10.5 Å². The number of anilines is 1. The summed E-state index contributed by atoms with van der Waals surface area (Å²) in [6, 6.07) is 1.59. The van der Waals surface area contributed by atoms with E-state index >= 15 is 0 Å². The number of nitrogens with two attached hydrogens (primary N) is 1. The predicted molar refractivity (Wildman–Crippen MR) is 76.7 cm³/mol. The summed E-state index contributed by atoms with van der Waals surface area (Å²) in [4.78, 5) is 3.42. The van der Waals surface area contributed by atoms with Gasteiger partial charge in [0.05, 0.1) is 11.7 Å². The smallest absolute Gasteiger partial charge is 0.244 e. The van der Waals surface area contributed by atoms with E-state index in [4.69, 9.17) is 17.3 Å². The van der Waals surface area contributed by atoms with E-state index in [1.54, 1.807) is 18.5 Å². The number of thiazole rings is 1. The zero-order valence-electron chi connectivity index (χ0n) is 10.3. The van der Waals surface area contributed by atoms with Crippen LogP contribution in [0.25, 0.3) is 0 Å².